The van der Waals surface area contributed by atoms with Gasteiger partial charge in [0.05, 0.1) is 34.7 Å². The number of hydrogen-bond acceptors (Lipinski definition) is 3. The second-order valence-corrected chi connectivity index (χ2v) is 6.79. The Bertz CT molecular complexity index is 855. The van der Waals surface area contributed by atoms with Crippen LogP contribution in [0.5, 0.6) is 5.75 Å². The van der Waals surface area contributed by atoms with Gasteiger partial charge >= 0.3 is 0 Å². The second kappa shape index (κ2) is 5.93. The molecule has 0 saturated carbocycles. The molecule has 5 heteroatoms. The van der Waals surface area contributed by atoms with Gasteiger partial charge in [-0.15, -0.1) is 0 Å². The molecule has 22 heavy (non-hydrogen) atoms. The molecule has 0 amide bonds. The van der Waals surface area contributed by atoms with E-state index in [1.54, 1.807) is 7.11 Å². The molecule has 0 aliphatic rings. The Morgan fingerprint density at radius 3 is 2.82 bits per heavy atom. The van der Waals surface area contributed by atoms with Crippen molar-refractivity contribution < 1.29 is 8.95 Å². The van der Waals surface area contributed by atoms with E-state index in [-0.39, 0.29) is 0 Å². The highest BCUT2D eigenvalue weighted by Crippen LogP contribution is 2.28. The topological polar surface area (TPSA) is 43.6 Å². The van der Waals surface area contributed by atoms with Crippen molar-refractivity contribution in [3.63, 3.8) is 0 Å². The molecule has 0 bridgehead atoms. The highest BCUT2D eigenvalue weighted by molar-refractivity contribution is 7.85. The number of fused-ring (bicyclic) bond motifs is 1. The van der Waals surface area contributed by atoms with Crippen LogP contribution in [0.2, 0.25) is 0 Å². The number of nitrogens with zero attached hydrogens (tertiary/aromatic N) is 2. The fourth-order valence-electron chi connectivity index (χ4n) is 2.49. The van der Waals surface area contributed by atoms with Crippen LogP contribution in [0.1, 0.15) is 12.5 Å². The lowest BCUT2D eigenvalue weighted by molar-refractivity contribution is 0.403. The molecule has 0 spiro atoms. The fourth-order valence-corrected chi connectivity index (χ4v) is 3.39. The molecule has 3 aromatic rings. The molecule has 4 nitrogen and oxygen atoms in total. The van der Waals surface area contributed by atoms with Crippen LogP contribution in [0.4, 0.5) is 0 Å². The first-order valence-electron chi connectivity index (χ1n) is 7.14. The maximum absolute atomic E-state index is 12.3. The summed E-state index contributed by atoms with van der Waals surface area (Å²) in [6, 6.07) is 10.1. The quantitative estimate of drug-likeness (QED) is 0.741. The first-order chi connectivity index (χ1) is 10.6. The molecule has 0 saturated heterocycles. The number of imidazole rings is 1. The Kier molecular flexibility index (Phi) is 3.98. The lowest BCUT2D eigenvalue weighted by Gasteiger charge is -2.10. The third-order valence-corrected chi connectivity index (χ3v) is 4.94. The summed E-state index contributed by atoms with van der Waals surface area (Å²) >= 11 is 0. The predicted octanol–water partition coefficient (Wildman–Crippen LogP) is 3.45. The summed E-state index contributed by atoms with van der Waals surface area (Å²) in [6.07, 6.45) is 3.71. The summed E-state index contributed by atoms with van der Waals surface area (Å²) in [5.74, 6) is 1.17. The van der Waals surface area contributed by atoms with Gasteiger partial charge in [-0.05, 0) is 13.0 Å². The number of methoxy groups -OCH3 is 1. The summed E-state index contributed by atoms with van der Waals surface area (Å²) in [5, 5.41) is 0. The molecule has 0 fully saturated rings. The van der Waals surface area contributed by atoms with E-state index in [1.807, 2.05) is 35.9 Å². The Morgan fingerprint density at radius 2 is 2.14 bits per heavy atom. The summed E-state index contributed by atoms with van der Waals surface area (Å²) in [7, 11) is 0.505. The Labute approximate surface area is 132 Å². The van der Waals surface area contributed by atoms with Crippen LogP contribution in [0.25, 0.3) is 16.9 Å². The number of rotatable bonds is 4. The van der Waals surface area contributed by atoms with Crippen molar-refractivity contribution in [1.29, 1.82) is 0 Å². The normalized spacial score (nSPS) is 12.5. The molecule has 3 rings (SSSR count). The van der Waals surface area contributed by atoms with E-state index in [4.69, 9.17) is 4.74 Å². The molecule has 0 N–H and O–H groups in total. The summed E-state index contributed by atoms with van der Waals surface area (Å²) in [5.41, 5.74) is 4.05. The zero-order valence-electron chi connectivity index (χ0n) is 12.9. The third-order valence-electron chi connectivity index (χ3n) is 3.62. The van der Waals surface area contributed by atoms with E-state index < -0.39 is 10.8 Å². The monoisotopic (exact) mass is 314 g/mol. The maximum Gasteiger partial charge on any atom is 0.140 e. The summed E-state index contributed by atoms with van der Waals surface area (Å²) in [6.45, 7) is 3.96. The largest absolute Gasteiger partial charge is 0.495 e. The van der Waals surface area contributed by atoms with Crippen LogP contribution >= 0.6 is 0 Å². The second-order valence-electron chi connectivity index (χ2n) is 5.08. The molecular weight excluding hydrogens is 296 g/mol. The zero-order valence-corrected chi connectivity index (χ0v) is 13.7. The van der Waals surface area contributed by atoms with Crippen molar-refractivity contribution in [2.75, 3.05) is 12.9 Å². The van der Waals surface area contributed by atoms with Crippen molar-refractivity contribution >= 4 is 16.4 Å². The van der Waals surface area contributed by atoms with Gasteiger partial charge in [0.15, 0.2) is 0 Å². The van der Waals surface area contributed by atoms with Crippen LogP contribution in [-0.4, -0.2) is 26.5 Å². The number of aryl methyl sites for hydroxylation is 1. The average Bonchev–Trinajstić information content (AvgIpc) is 2.95. The minimum Gasteiger partial charge on any atom is -0.495 e. The van der Waals surface area contributed by atoms with Crippen LogP contribution < -0.4 is 4.74 Å². The highest BCUT2D eigenvalue weighted by Gasteiger charge is 2.14. The van der Waals surface area contributed by atoms with Crippen LogP contribution in [0, 0.1) is 6.92 Å². The molecule has 0 aliphatic carbocycles. The molecule has 1 aromatic carbocycles. The number of benzene rings is 1. The highest BCUT2D eigenvalue weighted by atomic mass is 32.2. The van der Waals surface area contributed by atoms with Gasteiger partial charge in [0.1, 0.15) is 11.4 Å². The van der Waals surface area contributed by atoms with Crippen LogP contribution in [0.3, 0.4) is 0 Å². The Hall–Kier alpha value is -2.14. The van der Waals surface area contributed by atoms with Gasteiger partial charge in [-0.2, -0.15) is 0 Å². The molecule has 2 aromatic heterocycles. The number of hydrogen-bond donors (Lipinski definition) is 0. The maximum atomic E-state index is 12.3. The smallest absolute Gasteiger partial charge is 0.140 e. The number of aromatic nitrogens is 2. The standard InChI is InChI=1S/C17H18N2O2S/c1-4-22(20)16-11-19-14(13-7-5-6-12(2)8-13)10-18-17(19)9-15(16)21-3/h5-11H,4H2,1-3H3. The first kappa shape index (κ1) is 14.8. The lowest BCUT2D eigenvalue weighted by atomic mass is 10.1. The van der Waals surface area contributed by atoms with E-state index in [0.717, 1.165) is 16.9 Å². The van der Waals surface area contributed by atoms with Crippen LogP contribution in [-0.2, 0) is 10.8 Å². The van der Waals surface area contributed by atoms with Gasteiger partial charge in [-0.25, -0.2) is 4.98 Å². The average molecular weight is 314 g/mol. The van der Waals surface area contributed by atoms with E-state index in [0.29, 0.717) is 16.4 Å². The van der Waals surface area contributed by atoms with Crippen molar-refractivity contribution in [3.05, 3.63) is 48.3 Å². The van der Waals surface area contributed by atoms with Crippen molar-refractivity contribution in [2.45, 2.75) is 18.7 Å². The fraction of sp³-hybridized carbons (Fsp3) is 0.235. The molecule has 0 radical (unpaired) electrons. The molecular formula is C17H18N2O2S. The molecule has 114 valence electrons. The van der Waals surface area contributed by atoms with Crippen molar-refractivity contribution in [1.82, 2.24) is 9.38 Å². The first-order valence-corrected chi connectivity index (χ1v) is 8.46. The van der Waals surface area contributed by atoms with Gasteiger partial charge in [-0.3, -0.25) is 8.61 Å². The SMILES string of the molecule is CCS(=O)c1cn2c(-c3cccc(C)c3)cnc2cc1OC. The number of ether oxygens (including phenoxy) is 1. The minimum absolute atomic E-state index is 0.552. The van der Waals surface area contributed by atoms with E-state index in [1.165, 1.54) is 5.56 Å². The minimum atomic E-state index is -1.08. The van der Waals surface area contributed by atoms with E-state index in [2.05, 4.69) is 30.1 Å². The summed E-state index contributed by atoms with van der Waals surface area (Å²) in [4.78, 5) is 5.14. The van der Waals surface area contributed by atoms with Gasteiger partial charge < -0.3 is 4.74 Å². The zero-order chi connectivity index (χ0) is 15.7. The Morgan fingerprint density at radius 1 is 1.32 bits per heavy atom. The summed E-state index contributed by atoms with van der Waals surface area (Å²) < 4.78 is 19.6. The van der Waals surface area contributed by atoms with Crippen molar-refractivity contribution in [3.8, 4) is 17.0 Å². The molecule has 1 unspecified atom stereocenters. The van der Waals surface area contributed by atoms with Crippen LogP contribution in [0.15, 0.2) is 47.6 Å². The predicted molar refractivity (Wildman–Crippen MR) is 88.9 cm³/mol. The van der Waals surface area contributed by atoms with Gasteiger partial charge in [0, 0.05) is 23.6 Å². The molecule has 0 aliphatic heterocycles. The van der Waals surface area contributed by atoms with Gasteiger partial charge in [-0.1, -0.05) is 30.7 Å². The van der Waals surface area contributed by atoms with Gasteiger partial charge in [0.25, 0.3) is 0 Å². The van der Waals surface area contributed by atoms with E-state index >= 15 is 0 Å². The number of pyridine rings is 1. The molecule has 1 atom stereocenters. The lowest BCUT2D eigenvalue weighted by Crippen LogP contribution is -2.01. The molecule has 2 heterocycles. The van der Waals surface area contributed by atoms with E-state index in [9.17, 15) is 4.21 Å². The van der Waals surface area contributed by atoms with Crippen molar-refractivity contribution in [2.24, 2.45) is 0 Å². The third kappa shape index (κ3) is 2.52. The Balaban J connectivity index is 2.24. The van der Waals surface area contributed by atoms with Gasteiger partial charge in [0.2, 0.25) is 0 Å².